The summed E-state index contributed by atoms with van der Waals surface area (Å²) < 4.78 is 17.7. The van der Waals surface area contributed by atoms with Gasteiger partial charge in [-0.1, -0.05) is 6.07 Å². The molecule has 32 heavy (non-hydrogen) atoms. The Balaban J connectivity index is 1.46. The van der Waals surface area contributed by atoms with E-state index in [1.165, 1.54) is 6.07 Å². The Morgan fingerprint density at radius 1 is 1.06 bits per heavy atom. The van der Waals surface area contributed by atoms with Crippen molar-refractivity contribution in [1.29, 1.82) is 0 Å². The summed E-state index contributed by atoms with van der Waals surface area (Å²) in [5.74, 6) is 1.66. The predicted molar refractivity (Wildman–Crippen MR) is 120 cm³/mol. The zero-order valence-corrected chi connectivity index (χ0v) is 18.0. The highest BCUT2D eigenvalue weighted by Crippen LogP contribution is 2.24. The molecule has 0 bridgehead atoms. The highest BCUT2D eigenvalue weighted by molar-refractivity contribution is 6.04. The van der Waals surface area contributed by atoms with Gasteiger partial charge in [-0.3, -0.25) is 9.59 Å². The van der Waals surface area contributed by atoms with Crippen LogP contribution in [0.25, 0.3) is 5.65 Å². The first kappa shape index (κ1) is 21.2. The molecular weight excluding hydrogens is 410 g/mol. The summed E-state index contributed by atoms with van der Waals surface area (Å²) in [4.78, 5) is 29.1. The van der Waals surface area contributed by atoms with Crippen LogP contribution < -0.4 is 20.3 Å². The lowest BCUT2D eigenvalue weighted by molar-refractivity contribution is 0.102. The molecule has 2 heterocycles. The van der Waals surface area contributed by atoms with Crippen LogP contribution >= 0.6 is 0 Å². The number of carbonyl (C=O) groups is 1. The summed E-state index contributed by atoms with van der Waals surface area (Å²) in [6.45, 7) is 6.23. The number of carbonyl (C=O) groups excluding carboxylic acids is 1. The van der Waals surface area contributed by atoms with Gasteiger partial charge in [0, 0.05) is 29.4 Å². The average Bonchev–Trinajstić information content (AvgIpc) is 3.15. The fourth-order valence-electron chi connectivity index (χ4n) is 3.21. The van der Waals surface area contributed by atoms with Crippen molar-refractivity contribution < 1.29 is 18.8 Å². The number of aryl methyl sites for hydroxylation is 2. The molecule has 0 spiro atoms. The van der Waals surface area contributed by atoms with Gasteiger partial charge in [0.2, 0.25) is 0 Å². The monoisotopic (exact) mass is 433 g/mol. The van der Waals surface area contributed by atoms with Crippen LogP contribution in [0.3, 0.4) is 0 Å². The van der Waals surface area contributed by atoms with E-state index in [0.29, 0.717) is 46.5 Å². The number of benzene rings is 2. The van der Waals surface area contributed by atoms with Gasteiger partial charge in [0.25, 0.3) is 11.5 Å². The Labute approximate surface area is 184 Å². The van der Waals surface area contributed by atoms with Gasteiger partial charge >= 0.3 is 0 Å². The van der Waals surface area contributed by atoms with Crippen LogP contribution in [-0.4, -0.2) is 22.1 Å². The van der Waals surface area contributed by atoms with Crippen molar-refractivity contribution in [1.82, 2.24) is 9.56 Å². The van der Waals surface area contributed by atoms with Crippen molar-refractivity contribution in [3.05, 3.63) is 87.5 Å². The number of ether oxygens (including phenoxy) is 2. The molecule has 2 aromatic heterocycles. The molecule has 0 atom stereocenters. The zero-order chi connectivity index (χ0) is 22.7. The first-order chi connectivity index (χ1) is 15.4. The third-order valence-corrected chi connectivity index (χ3v) is 4.77. The fraction of sp³-hybridized carbons (Fsp3) is 0.208. The lowest BCUT2D eigenvalue weighted by Crippen LogP contribution is -2.14. The van der Waals surface area contributed by atoms with E-state index in [2.05, 4.69) is 10.3 Å². The van der Waals surface area contributed by atoms with Crippen molar-refractivity contribution >= 4 is 17.2 Å². The number of aromatic nitrogens is 2. The van der Waals surface area contributed by atoms with Crippen molar-refractivity contribution in [2.24, 2.45) is 0 Å². The summed E-state index contributed by atoms with van der Waals surface area (Å²) in [6, 6.07) is 15.4. The molecule has 4 aromatic rings. The second-order valence-electron chi connectivity index (χ2n) is 7.27. The van der Waals surface area contributed by atoms with Crippen LogP contribution in [0.4, 0.5) is 5.69 Å². The standard InChI is InChI=1S/C24H23N3O5/c1-4-30-20-9-6-17(7-10-20)24(29)26-18-8-5-15(2)21(12-18)31-14-19-13-23(28)27-22(25-19)11-16(3)32-27/h5-13H,4,14H2,1-3H3,(H,26,29). The Morgan fingerprint density at radius 3 is 2.59 bits per heavy atom. The van der Waals surface area contributed by atoms with Crippen LogP contribution in [-0.2, 0) is 6.61 Å². The second-order valence-corrected chi connectivity index (χ2v) is 7.27. The number of nitrogens with zero attached hydrogens (tertiary/aromatic N) is 2. The van der Waals surface area contributed by atoms with E-state index in [1.54, 1.807) is 49.4 Å². The predicted octanol–water partition coefficient (Wildman–Crippen LogP) is 4.13. The Morgan fingerprint density at radius 2 is 1.84 bits per heavy atom. The molecule has 0 fully saturated rings. The quantitative estimate of drug-likeness (QED) is 0.471. The molecule has 1 amide bonds. The molecule has 0 radical (unpaired) electrons. The largest absolute Gasteiger partial charge is 0.494 e. The van der Waals surface area contributed by atoms with Gasteiger partial charge in [-0.2, -0.15) is 0 Å². The first-order valence-corrected chi connectivity index (χ1v) is 10.2. The molecule has 2 aromatic carbocycles. The molecule has 4 rings (SSSR count). The normalized spacial score (nSPS) is 10.8. The van der Waals surface area contributed by atoms with Crippen LogP contribution in [0.2, 0.25) is 0 Å². The van der Waals surface area contributed by atoms with Crippen molar-refractivity contribution in [2.45, 2.75) is 27.4 Å². The summed E-state index contributed by atoms with van der Waals surface area (Å²) in [5.41, 5.74) is 2.61. The molecule has 0 saturated heterocycles. The maximum atomic E-state index is 12.6. The maximum Gasteiger partial charge on any atom is 0.287 e. The first-order valence-electron chi connectivity index (χ1n) is 10.2. The van der Waals surface area contributed by atoms with Gasteiger partial charge in [-0.25, -0.2) is 4.98 Å². The molecule has 164 valence electrons. The van der Waals surface area contributed by atoms with Gasteiger partial charge in [0.15, 0.2) is 5.65 Å². The highest BCUT2D eigenvalue weighted by Gasteiger charge is 2.11. The second kappa shape index (κ2) is 8.97. The van der Waals surface area contributed by atoms with E-state index < -0.39 is 0 Å². The number of rotatable bonds is 7. The summed E-state index contributed by atoms with van der Waals surface area (Å²) in [6.07, 6.45) is 0. The smallest absolute Gasteiger partial charge is 0.287 e. The van der Waals surface area contributed by atoms with Crippen molar-refractivity contribution in [2.75, 3.05) is 11.9 Å². The van der Waals surface area contributed by atoms with E-state index in [4.69, 9.17) is 14.0 Å². The van der Waals surface area contributed by atoms with Crippen LogP contribution in [0, 0.1) is 13.8 Å². The Bertz CT molecular complexity index is 1320. The Kier molecular flexibility index (Phi) is 5.93. The van der Waals surface area contributed by atoms with Crippen LogP contribution in [0.5, 0.6) is 11.5 Å². The zero-order valence-electron chi connectivity index (χ0n) is 18.0. The number of amides is 1. The average molecular weight is 433 g/mol. The molecule has 0 saturated carbocycles. The minimum Gasteiger partial charge on any atom is -0.494 e. The SMILES string of the molecule is CCOc1ccc(C(=O)Nc2ccc(C)c(OCc3cc(=O)n4oc(C)cc4n3)c2)cc1. The molecular formula is C24H23N3O5. The van der Waals surface area contributed by atoms with Crippen molar-refractivity contribution in [3.8, 4) is 11.5 Å². The number of nitrogens with one attached hydrogen (secondary N) is 1. The molecule has 1 N–H and O–H groups in total. The Hall–Kier alpha value is -4.07. The third-order valence-electron chi connectivity index (χ3n) is 4.77. The minimum atomic E-state index is -0.310. The molecule has 0 aliphatic heterocycles. The van der Waals surface area contributed by atoms with Gasteiger partial charge in [-0.05, 0) is 56.7 Å². The van der Waals surface area contributed by atoms with Gasteiger partial charge < -0.3 is 19.3 Å². The molecule has 8 heteroatoms. The van der Waals surface area contributed by atoms with Gasteiger partial charge in [0.1, 0.15) is 23.9 Å². The molecule has 0 unspecified atom stereocenters. The van der Waals surface area contributed by atoms with Crippen molar-refractivity contribution in [3.63, 3.8) is 0 Å². The third kappa shape index (κ3) is 4.64. The van der Waals surface area contributed by atoms with Crippen LogP contribution in [0.1, 0.15) is 34.3 Å². The van der Waals surface area contributed by atoms with E-state index in [9.17, 15) is 9.59 Å². The van der Waals surface area contributed by atoms with Crippen LogP contribution in [0.15, 0.2) is 63.9 Å². The minimum absolute atomic E-state index is 0.104. The lowest BCUT2D eigenvalue weighted by Gasteiger charge is -2.12. The maximum absolute atomic E-state index is 12.6. The summed E-state index contributed by atoms with van der Waals surface area (Å²) >= 11 is 0. The van der Waals surface area contributed by atoms with E-state index in [0.717, 1.165) is 10.1 Å². The van der Waals surface area contributed by atoms with Gasteiger partial charge in [0.05, 0.1) is 12.3 Å². The number of fused-ring (bicyclic) bond motifs is 1. The van der Waals surface area contributed by atoms with Gasteiger partial charge in [-0.15, -0.1) is 4.57 Å². The van der Waals surface area contributed by atoms with E-state index in [1.807, 2.05) is 19.9 Å². The number of anilines is 1. The molecule has 0 aliphatic carbocycles. The summed E-state index contributed by atoms with van der Waals surface area (Å²) in [7, 11) is 0. The van der Waals surface area contributed by atoms with E-state index >= 15 is 0 Å². The molecule has 8 nitrogen and oxygen atoms in total. The lowest BCUT2D eigenvalue weighted by atomic mass is 10.1. The molecule has 0 aliphatic rings. The number of hydrogen-bond acceptors (Lipinski definition) is 6. The van der Waals surface area contributed by atoms with E-state index in [-0.39, 0.29) is 18.1 Å². The number of hydrogen-bond donors (Lipinski definition) is 1. The topological polar surface area (TPSA) is 95.1 Å². The highest BCUT2D eigenvalue weighted by atomic mass is 16.5. The fourth-order valence-corrected chi connectivity index (χ4v) is 3.21. The summed E-state index contributed by atoms with van der Waals surface area (Å²) in [5, 5.41) is 2.87.